The Morgan fingerprint density at radius 1 is 1.35 bits per heavy atom. The third kappa shape index (κ3) is 2.32. The third-order valence-corrected chi connectivity index (χ3v) is 6.39. The van der Waals surface area contributed by atoms with Crippen LogP contribution >= 0.6 is 0 Å². The normalized spacial score (nSPS) is 35.1. The van der Waals surface area contributed by atoms with Gasteiger partial charge < -0.3 is 10.5 Å². The van der Waals surface area contributed by atoms with Crippen LogP contribution in [-0.4, -0.2) is 40.4 Å². The minimum atomic E-state index is -1.01. The van der Waals surface area contributed by atoms with E-state index in [-0.39, 0.29) is 18.3 Å². The van der Waals surface area contributed by atoms with E-state index >= 15 is 0 Å². The lowest BCUT2D eigenvalue weighted by Gasteiger charge is -2.14. The molecule has 3 aliphatic rings. The summed E-state index contributed by atoms with van der Waals surface area (Å²) < 4.78 is 30.7. The monoisotopic (exact) mass is 338 g/mol. The van der Waals surface area contributed by atoms with Crippen molar-refractivity contribution in [3.63, 3.8) is 0 Å². The van der Waals surface area contributed by atoms with Gasteiger partial charge in [0.15, 0.2) is 6.10 Å². The molecule has 6 nitrogen and oxygen atoms in total. The van der Waals surface area contributed by atoms with Crippen LogP contribution in [0.15, 0.2) is 18.2 Å². The minimum absolute atomic E-state index is 0.0133. The predicted octanol–water partition coefficient (Wildman–Crippen LogP) is 0.728. The van der Waals surface area contributed by atoms with Gasteiger partial charge in [-0.25, -0.2) is 9.18 Å². The number of carbonyl (C=O) groups is 2. The van der Waals surface area contributed by atoms with Crippen LogP contribution in [0.2, 0.25) is 0 Å². The lowest BCUT2D eigenvalue weighted by molar-refractivity contribution is -0.124. The van der Waals surface area contributed by atoms with Crippen molar-refractivity contribution in [1.29, 1.82) is 0 Å². The van der Waals surface area contributed by atoms with Gasteiger partial charge in [-0.05, 0) is 35.4 Å². The summed E-state index contributed by atoms with van der Waals surface area (Å²) in [5.74, 6) is 0.939. The second-order valence-corrected chi connectivity index (χ2v) is 7.76. The van der Waals surface area contributed by atoms with Gasteiger partial charge in [0.25, 0.3) is 5.91 Å². The van der Waals surface area contributed by atoms with E-state index in [0.29, 0.717) is 34.6 Å². The number of cyclic esters (lactones) is 1. The van der Waals surface area contributed by atoms with Gasteiger partial charge in [0.05, 0.1) is 12.2 Å². The minimum Gasteiger partial charge on any atom is -0.434 e. The van der Waals surface area contributed by atoms with Crippen molar-refractivity contribution in [2.45, 2.75) is 12.0 Å². The highest BCUT2D eigenvalue weighted by molar-refractivity contribution is 7.85. The van der Waals surface area contributed by atoms with Crippen molar-refractivity contribution < 1.29 is 22.9 Å². The molecule has 2 unspecified atom stereocenters. The van der Waals surface area contributed by atoms with Crippen LogP contribution in [0.5, 0.6) is 0 Å². The first-order chi connectivity index (χ1) is 11.0. The van der Waals surface area contributed by atoms with Crippen LogP contribution in [0.25, 0.3) is 0 Å². The number of halogens is 1. The summed E-state index contributed by atoms with van der Waals surface area (Å²) in [5.41, 5.74) is 6.08. The van der Waals surface area contributed by atoms with Gasteiger partial charge in [-0.1, -0.05) is 6.07 Å². The van der Waals surface area contributed by atoms with Gasteiger partial charge in [0, 0.05) is 22.3 Å². The number of hydrogen-bond acceptors (Lipinski definition) is 4. The highest BCUT2D eigenvalue weighted by Gasteiger charge is 2.57. The molecule has 1 aliphatic carbocycles. The molecule has 1 aromatic rings. The fourth-order valence-corrected chi connectivity index (χ4v) is 5.54. The number of amides is 2. The number of ether oxygens (including phenoxy) is 1. The number of hydrogen-bond donors (Lipinski definition) is 1. The first-order valence-corrected chi connectivity index (χ1v) is 8.86. The van der Waals surface area contributed by atoms with Gasteiger partial charge in [0.1, 0.15) is 5.82 Å². The average Bonchev–Trinajstić information content (AvgIpc) is 2.84. The second-order valence-electron chi connectivity index (χ2n) is 6.22. The summed E-state index contributed by atoms with van der Waals surface area (Å²) in [6.07, 6.45) is -1.72. The van der Waals surface area contributed by atoms with Crippen molar-refractivity contribution in [1.82, 2.24) is 0 Å². The van der Waals surface area contributed by atoms with Crippen LogP contribution in [0, 0.1) is 17.7 Å². The zero-order valence-electron chi connectivity index (χ0n) is 12.1. The Balaban J connectivity index is 1.54. The molecule has 2 N–H and O–H groups in total. The first kappa shape index (κ1) is 14.6. The largest absolute Gasteiger partial charge is 0.434 e. The van der Waals surface area contributed by atoms with E-state index in [2.05, 4.69) is 0 Å². The van der Waals surface area contributed by atoms with E-state index in [0.717, 1.165) is 0 Å². The maximum atomic E-state index is 14.4. The molecule has 2 aliphatic heterocycles. The molecule has 0 radical (unpaired) electrons. The molecule has 122 valence electrons. The maximum absolute atomic E-state index is 14.4. The van der Waals surface area contributed by atoms with Crippen LogP contribution in [0.1, 0.15) is 11.5 Å². The van der Waals surface area contributed by atoms with Crippen LogP contribution in [0.4, 0.5) is 14.9 Å². The summed E-state index contributed by atoms with van der Waals surface area (Å²) in [4.78, 5) is 24.1. The number of primary amides is 1. The number of anilines is 1. The molecule has 8 heteroatoms. The summed E-state index contributed by atoms with van der Waals surface area (Å²) in [6.45, 7) is -0.0133. The molecular formula is C15H15FN2O4S. The van der Waals surface area contributed by atoms with Crippen molar-refractivity contribution in [2.75, 3.05) is 23.0 Å². The van der Waals surface area contributed by atoms with E-state index in [1.165, 1.54) is 11.0 Å². The standard InChI is InChI=1S/C15H15FN2O4S/c16-11-3-7(18-4-12(14(17)19)22-15(18)20)1-2-8(11)13-9-5-23(21)6-10(9)13/h1-3,9-10,12-13H,4-6H2,(H2,17,19)/t9-,10+,12-,13?,23?/m1/s1. The number of nitrogens with two attached hydrogens (primary N) is 1. The average molecular weight is 338 g/mol. The SMILES string of the molecule is NC(=O)[C@H]1CN(c2ccc(C3[C@H]4CS(=O)C[C@@H]34)c(F)c2)C(=O)O1. The third-order valence-electron chi connectivity index (χ3n) is 4.87. The topological polar surface area (TPSA) is 89.7 Å². The molecule has 5 atom stereocenters. The van der Waals surface area contributed by atoms with E-state index in [9.17, 15) is 18.2 Å². The Morgan fingerprint density at radius 3 is 2.61 bits per heavy atom. The van der Waals surface area contributed by atoms with E-state index in [1.54, 1.807) is 12.1 Å². The molecule has 1 aromatic carbocycles. The Hall–Kier alpha value is -1.96. The number of nitrogens with zero attached hydrogens (tertiary/aromatic N) is 1. The number of carbonyl (C=O) groups excluding carboxylic acids is 2. The summed E-state index contributed by atoms with van der Waals surface area (Å²) >= 11 is 0. The Morgan fingerprint density at radius 2 is 2.04 bits per heavy atom. The van der Waals surface area contributed by atoms with Crippen LogP contribution < -0.4 is 10.6 Å². The van der Waals surface area contributed by atoms with Crippen LogP contribution in [0.3, 0.4) is 0 Å². The zero-order valence-corrected chi connectivity index (χ0v) is 12.9. The zero-order chi connectivity index (χ0) is 16.3. The second kappa shape index (κ2) is 5.02. The number of benzene rings is 1. The molecule has 23 heavy (non-hydrogen) atoms. The number of rotatable bonds is 3. The molecule has 2 amide bonds. The Kier molecular flexibility index (Phi) is 3.19. The summed E-state index contributed by atoms with van der Waals surface area (Å²) in [5, 5.41) is 0. The van der Waals surface area contributed by atoms with E-state index < -0.39 is 28.9 Å². The Labute approximate surface area is 134 Å². The molecule has 0 spiro atoms. The lowest BCUT2D eigenvalue weighted by Crippen LogP contribution is -2.32. The van der Waals surface area contributed by atoms with Crippen LogP contribution in [-0.2, 0) is 20.3 Å². The van der Waals surface area contributed by atoms with Crippen molar-refractivity contribution in [2.24, 2.45) is 17.6 Å². The summed E-state index contributed by atoms with van der Waals surface area (Å²) in [7, 11) is -0.760. The van der Waals surface area contributed by atoms with Gasteiger partial charge in [-0.15, -0.1) is 0 Å². The molecule has 4 rings (SSSR count). The molecular weight excluding hydrogens is 323 g/mol. The highest BCUT2D eigenvalue weighted by atomic mass is 32.2. The fraction of sp³-hybridized carbons (Fsp3) is 0.467. The van der Waals surface area contributed by atoms with E-state index in [4.69, 9.17) is 10.5 Å². The first-order valence-electron chi connectivity index (χ1n) is 7.37. The van der Waals surface area contributed by atoms with Crippen molar-refractivity contribution in [3.8, 4) is 0 Å². The molecule has 1 saturated carbocycles. The predicted molar refractivity (Wildman–Crippen MR) is 80.8 cm³/mol. The van der Waals surface area contributed by atoms with Crippen molar-refractivity contribution >= 4 is 28.5 Å². The van der Waals surface area contributed by atoms with Crippen molar-refractivity contribution in [3.05, 3.63) is 29.6 Å². The molecule has 0 bridgehead atoms. The summed E-state index contributed by atoms with van der Waals surface area (Å²) in [6, 6.07) is 4.60. The quantitative estimate of drug-likeness (QED) is 0.880. The number of fused-ring (bicyclic) bond motifs is 1. The lowest BCUT2D eigenvalue weighted by atomic mass is 10.1. The molecule has 2 saturated heterocycles. The highest BCUT2D eigenvalue weighted by Crippen LogP contribution is 2.58. The molecule has 3 fully saturated rings. The van der Waals surface area contributed by atoms with Gasteiger partial charge in [-0.2, -0.15) is 0 Å². The van der Waals surface area contributed by atoms with Gasteiger partial charge in [-0.3, -0.25) is 13.9 Å². The fourth-order valence-electron chi connectivity index (χ4n) is 3.63. The van der Waals surface area contributed by atoms with Gasteiger partial charge in [0.2, 0.25) is 0 Å². The molecule has 0 aromatic heterocycles. The Bertz CT molecular complexity index is 726. The van der Waals surface area contributed by atoms with E-state index in [1.807, 2.05) is 0 Å². The molecule has 2 heterocycles. The smallest absolute Gasteiger partial charge is 0.415 e. The van der Waals surface area contributed by atoms with Gasteiger partial charge >= 0.3 is 6.09 Å². The maximum Gasteiger partial charge on any atom is 0.415 e.